The maximum absolute atomic E-state index is 15.3. The van der Waals surface area contributed by atoms with Crippen molar-refractivity contribution in [1.29, 1.82) is 0 Å². The molecule has 582 valence electrons. The molecule has 4 aliphatic rings. The smallest absolute Gasteiger partial charge is 0.461 e. The predicted molar refractivity (Wildman–Crippen MR) is 405 cm³/mol. The summed E-state index contributed by atoms with van der Waals surface area (Å²) in [6.07, 6.45) is 1.60. The Morgan fingerprint density at radius 3 is 1.37 bits per heavy atom. The van der Waals surface area contributed by atoms with Crippen LogP contribution in [0.4, 0.5) is 67.2 Å². The SMILES string of the molecule is CC(C)(C)O.CCOC(=O)c1csc(N)n1.CCOC(=O)c1csc(Nc2nc(N3CC4CC3CC4NC(=O)OC(C)(C)C)c3c(n2)[nH]c2c(N(C)C(=O)OC(C)(C)C)cc(F)cc23)n1.CN(C(=O)OC(C)(C)C)c1cc(F)cc2c1[nH]c1nc(S(C)(=O)=O)nc(N3CC4CC3CC4NC(=O)OC(C)(C)C)c12.[K+]. The maximum Gasteiger partial charge on any atom is 1.00 e. The molecular weight excluding hydrogens is 1490 g/mol. The van der Waals surface area contributed by atoms with Gasteiger partial charge in [0.2, 0.25) is 15.8 Å². The van der Waals surface area contributed by atoms with Gasteiger partial charge in [0.15, 0.2) is 21.7 Å². The van der Waals surface area contributed by atoms with Crippen molar-refractivity contribution in [2.45, 2.75) is 201 Å². The van der Waals surface area contributed by atoms with Gasteiger partial charge in [-0.15, -0.1) is 22.7 Å². The zero-order valence-corrected chi connectivity index (χ0v) is 70.4. The second-order valence-electron chi connectivity index (χ2n) is 31.4. The third-order valence-corrected chi connectivity index (χ3v) is 18.9. The van der Waals surface area contributed by atoms with E-state index < -0.39 is 85.8 Å². The number of anilines is 7. The van der Waals surface area contributed by atoms with Crippen LogP contribution in [0.5, 0.6) is 0 Å². The van der Waals surface area contributed by atoms with E-state index in [0.717, 1.165) is 19.1 Å². The molecule has 2 aromatic carbocycles. The second kappa shape index (κ2) is 33.3. The average molecular weight is 1590 g/mol. The number of carbonyl (C=O) groups is 6. The Bertz CT molecular complexity index is 4780. The molecule has 8 heterocycles. The number of aromatic amines is 2. The molecule has 6 aromatic heterocycles. The van der Waals surface area contributed by atoms with E-state index in [9.17, 15) is 37.2 Å². The van der Waals surface area contributed by atoms with Gasteiger partial charge in [-0.2, -0.15) is 15.0 Å². The first kappa shape index (κ1) is 85.7. The molecule has 31 nitrogen and oxygen atoms in total. The Balaban J connectivity index is 0.000000225. The number of benzene rings is 2. The summed E-state index contributed by atoms with van der Waals surface area (Å²) in [4.78, 5) is 114. The number of aliphatic hydroxyl groups is 1. The van der Waals surface area contributed by atoms with Crippen LogP contribution in [0.3, 0.4) is 0 Å². The van der Waals surface area contributed by atoms with Gasteiger partial charge in [0, 0.05) is 79.1 Å². The molecule has 12 rings (SSSR count). The summed E-state index contributed by atoms with van der Waals surface area (Å²) < 4.78 is 87.4. The summed E-state index contributed by atoms with van der Waals surface area (Å²) in [7, 11) is -0.816. The summed E-state index contributed by atoms with van der Waals surface area (Å²) in [6.45, 7) is 31.7. The van der Waals surface area contributed by atoms with Gasteiger partial charge in [-0.05, 0) is 179 Å². The number of nitrogens with two attached hydrogens (primary N) is 1. The molecule has 2 aliphatic carbocycles. The average Bonchev–Trinajstić information content (AvgIpc) is 1.59. The van der Waals surface area contributed by atoms with Gasteiger partial charge in [0.25, 0.3) is 5.16 Å². The normalized spacial score (nSPS) is 18.2. The number of sulfone groups is 1. The van der Waals surface area contributed by atoms with Crippen LogP contribution in [0.1, 0.15) is 164 Å². The monoisotopic (exact) mass is 1590 g/mol. The molecule has 4 amide bonds. The van der Waals surface area contributed by atoms with Crippen molar-refractivity contribution in [3.63, 3.8) is 0 Å². The first-order valence-corrected chi connectivity index (χ1v) is 38.4. The van der Waals surface area contributed by atoms with E-state index in [-0.39, 0.29) is 134 Å². The van der Waals surface area contributed by atoms with Crippen molar-refractivity contribution in [2.24, 2.45) is 11.8 Å². The van der Waals surface area contributed by atoms with E-state index in [1.54, 1.807) is 108 Å². The van der Waals surface area contributed by atoms with E-state index in [1.807, 2.05) is 25.7 Å². The third kappa shape index (κ3) is 21.8. The number of nitrogen functional groups attached to an aromatic ring is 1. The summed E-state index contributed by atoms with van der Waals surface area (Å²) in [5.74, 6) is -0.793. The van der Waals surface area contributed by atoms with Crippen molar-refractivity contribution in [1.82, 2.24) is 50.5 Å². The number of H-pyrrole nitrogens is 2. The molecule has 6 atom stereocenters. The molecule has 0 radical (unpaired) electrons. The number of piperidine rings is 2. The van der Waals surface area contributed by atoms with E-state index in [0.29, 0.717) is 92.7 Å². The molecule has 37 heteroatoms. The number of thiazole rings is 2. The van der Waals surface area contributed by atoms with Gasteiger partial charge in [0.1, 0.15) is 57.0 Å². The molecule has 2 aliphatic heterocycles. The topological polar surface area (TPSA) is 396 Å². The quantitative estimate of drug-likeness (QED) is 0.0244. The van der Waals surface area contributed by atoms with Crippen molar-refractivity contribution < 1.29 is 131 Å². The number of halogens is 2. The van der Waals surface area contributed by atoms with Crippen LogP contribution in [-0.4, -0.2) is 189 Å². The number of aromatic nitrogens is 8. The molecule has 2 saturated heterocycles. The number of alkyl carbamates (subject to hydrolysis) is 2. The van der Waals surface area contributed by atoms with Gasteiger partial charge in [-0.1, -0.05) is 0 Å². The number of ether oxygens (including phenoxy) is 6. The van der Waals surface area contributed by atoms with E-state index in [1.165, 1.54) is 70.8 Å². The van der Waals surface area contributed by atoms with Crippen LogP contribution in [0, 0.1) is 23.5 Å². The Morgan fingerprint density at radius 1 is 0.602 bits per heavy atom. The first-order valence-electron chi connectivity index (χ1n) is 34.8. The summed E-state index contributed by atoms with van der Waals surface area (Å²) >= 11 is 2.42. The number of hydrogen-bond donors (Lipinski definition) is 7. The van der Waals surface area contributed by atoms with Gasteiger partial charge in [0.05, 0.1) is 52.0 Å². The molecule has 6 unspecified atom stereocenters. The van der Waals surface area contributed by atoms with Gasteiger partial charge in [-0.25, -0.2) is 60.9 Å². The first-order chi connectivity index (χ1) is 49.5. The fourth-order valence-corrected chi connectivity index (χ4v) is 14.4. The number of amides is 4. The van der Waals surface area contributed by atoms with Gasteiger partial charge in [-0.3, -0.25) is 15.1 Å². The van der Waals surface area contributed by atoms with Gasteiger partial charge >= 0.3 is 87.7 Å². The summed E-state index contributed by atoms with van der Waals surface area (Å²) in [5.41, 5.74) is 4.43. The number of nitrogens with zero attached hydrogens (tertiary/aromatic N) is 10. The maximum atomic E-state index is 15.3. The summed E-state index contributed by atoms with van der Waals surface area (Å²) in [5, 5.41) is 23.1. The number of rotatable bonds is 13. The third-order valence-electron chi connectivity index (χ3n) is 16.6. The van der Waals surface area contributed by atoms with Crippen molar-refractivity contribution in [2.75, 3.05) is 77.3 Å². The van der Waals surface area contributed by atoms with Crippen molar-refractivity contribution >= 4 is 152 Å². The molecule has 108 heavy (non-hydrogen) atoms. The fraction of sp³-hybridized carbons (Fsp3) is 0.549. The molecule has 8 N–H and O–H groups in total. The van der Waals surface area contributed by atoms with Crippen LogP contribution >= 0.6 is 22.7 Å². The van der Waals surface area contributed by atoms with Crippen LogP contribution in [0.15, 0.2) is 40.2 Å². The second-order valence-corrected chi connectivity index (χ2v) is 35.0. The van der Waals surface area contributed by atoms with Crippen LogP contribution in [-0.2, 0) is 38.3 Å². The Morgan fingerprint density at radius 2 is 1.00 bits per heavy atom. The Kier molecular flexibility index (Phi) is 26.5. The fourth-order valence-electron chi connectivity index (χ4n) is 12.7. The van der Waals surface area contributed by atoms with Crippen LogP contribution in [0.25, 0.3) is 43.9 Å². The van der Waals surface area contributed by atoms with E-state index >= 15 is 8.78 Å². The van der Waals surface area contributed by atoms with E-state index in [4.69, 9.17) is 49.2 Å². The minimum absolute atomic E-state index is 0. The largest absolute Gasteiger partial charge is 1.00 e. The van der Waals surface area contributed by atoms with Crippen LogP contribution in [0.2, 0.25) is 0 Å². The number of esters is 2. The Hall–Kier alpha value is -7.91. The number of hydrogen-bond acceptors (Lipinski definition) is 27. The molecule has 4 bridgehead atoms. The molecule has 0 spiro atoms. The summed E-state index contributed by atoms with van der Waals surface area (Å²) in [6, 6.07) is 4.97. The number of nitrogens with one attached hydrogen (secondary N) is 5. The van der Waals surface area contributed by atoms with Gasteiger partial charge < -0.3 is 69.7 Å². The molecular formula is C71H96F2KN16O15S3+. The van der Waals surface area contributed by atoms with Crippen molar-refractivity contribution in [3.05, 3.63) is 58.0 Å². The Labute approximate surface area is 675 Å². The number of carbonyl (C=O) groups excluding carboxylic acids is 6. The predicted octanol–water partition coefficient (Wildman–Crippen LogP) is 9.69. The minimum atomic E-state index is -3.81. The zero-order valence-electron chi connectivity index (χ0n) is 64.8. The van der Waals surface area contributed by atoms with Crippen LogP contribution < -0.4 is 92.7 Å². The minimum Gasteiger partial charge on any atom is -0.461 e. The molecule has 2 saturated carbocycles. The molecule has 4 fully saturated rings. The van der Waals surface area contributed by atoms with E-state index in [2.05, 4.69) is 50.8 Å². The zero-order chi connectivity index (χ0) is 79.1. The molecule has 8 aromatic rings. The van der Waals surface area contributed by atoms with Crippen molar-refractivity contribution in [3.8, 4) is 0 Å². The standard InChI is InChI=1S/C33H41FN8O6S.C28H37FN6O6S.C6H8N2O2S.C4H10O.K/c1-9-46-27(43)21-15-49-29(35-21)40-28-38-25-23(19-11-17(34)12-22(24(19)37-25)41(8)31(45)48-33(5,6)7)26(39-28)42-14-16-10-18(42)13-20(16)36-30(44)47-32(2,3)4;1-27(2,3)40-25(36)30-18-12-16-9-14(18)13-35(16)23-20-17-10-15(29)11-19(34(7)26(37)41-28(4,5)6)21(17)31-22(20)32-24(33-23)42(8,38)39;1-2-10-5(9)4-3-11-6(7)8-4;1-4(2,3)5;/h11-12,15-16,18,20H,9-10,13-14H2,1-8H3,(H,36,44)(H2,35,37,38,39,40);10-11,14,16,18H,9,12-13H2,1-8H3,(H,30,36)(H,31,32,33);3H,2H2,1H3,(H2,7,8);5H,1-3H3;/q;;;;+1. The number of fused-ring (bicyclic) bond motifs is 10.